The van der Waals surface area contributed by atoms with Crippen molar-refractivity contribution < 1.29 is 9.18 Å². The van der Waals surface area contributed by atoms with Gasteiger partial charge in [-0.3, -0.25) is 4.79 Å². The predicted octanol–water partition coefficient (Wildman–Crippen LogP) is 5.28. The van der Waals surface area contributed by atoms with Gasteiger partial charge in [-0.1, -0.05) is 29.8 Å². The lowest BCUT2D eigenvalue weighted by Gasteiger charge is -2.22. The molecule has 1 amide bonds. The quantitative estimate of drug-likeness (QED) is 0.665. The van der Waals surface area contributed by atoms with Crippen LogP contribution in [0.4, 0.5) is 21.6 Å². The number of aromatic nitrogens is 1. The Morgan fingerprint density at radius 3 is 2.62 bits per heavy atom. The van der Waals surface area contributed by atoms with E-state index in [1.54, 1.807) is 18.3 Å². The molecule has 26 heavy (non-hydrogen) atoms. The van der Waals surface area contributed by atoms with Gasteiger partial charge in [-0.05, 0) is 49.4 Å². The zero-order chi connectivity index (χ0) is 18.5. The van der Waals surface area contributed by atoms with Crippen molar-refractivity contribution in [2.24, 2.45) is 0 Å². The molecule has 0 spiro atoms. The molecular weight excluding hydrogens is 353 g/mol. The molecule has 6 heteroatoms. The fraction of sp³-hybridized carbons (Fsp3) is 0.100. The number of anilines is 3. The summed E-state index contributed by atoms with van der Waals surface area (Å²) in [7, 11) is 0. The molecule has 0 radical (unpaired) electrons. The zero-order valence-corrected chi connectivity index (χ0v) is 14.9. The molecule has 2 aromatic carbocycles. The van der Waals surface area contributed by atoms with Gasteiger partial charge < -0.3 is 10.2 Å². The molecule has 0 aliphatic heterocycles. The summed E-state index contributed by atoms with van der Waals surface area (Å²) in [6.07, 6.45) is 1.59. The molecule has 1 N–H and O–H groups in total. The molecule has 0 aliphatic carbocycles. The average molecular weight is 370 g/mol. The zero-order valence-electron chi connectivity index (χ0n) is 14.1. The van der Waals surface area contributed by atoms with Gasteiger partial charge in [0.1, 0.15) is 11.6 Å². The molecule has 4 nitrogen and oxygen atoms in total. The van der Waals surface area contributed by atoms with Crippen LogP contribution in [0, 0.1) is 5.82 Å². The number of benzene rings is 2. The van der Waals surface area contributed by atoms with Crippen molar-refractivity contribution >= 4 is 34.7 Å². The van der Waals surface area contributed by atoms with Crippen LogP contribution in [-0.4, -0.2) is 17.4 Å². The first kappa shape index (κ1) is 17.9. The van der Waals surface area contributed by atoms with Crippen LogP contribution in [-0.2, 0) is 0 Å². The third-order valence-corrected chi connectivity index (χ3v) is 4.14. The van der Waals surface area contributed by atoms with E-state index in [-0.39, 0.29) is 10.9 Å². The first-order chi connectivity index (χ1) is 12.6. The fourth-order valence-electron chi connectivity index (χ4n) is 2.57. The SMILES string of the molecule is CCN(c1ccccc1)c1cc(C(=O)Nc2ccc(F)c(Cl)c2)ccn1. The van der Waals surface area contributed by atoms with Gasteiger partial charge in [0.05, 0.1) is 5.02 Å². The van der Waals surface area contributed by atoms with Crippen LogP contribution in [0.15, 0.2) is 66.9 Å². The highest BCUT2D eigenvalue weighted by Crippen LogP contribution is 2.24. The van der Waals surface area contributed by atoms with Crippen molar-refractivity contribution in [3.63, 3.8) is 0 Å². The number of hydrogen-bond acceptors (Lipinski definition) is 3. The van der Waals surface area contributed by atoms with E-state index in [0.29, 0.717) is 23.6 Å². The molecule has 0 fully saturated rings. The van der Waals surface area contributed by atoms with E-state index in [2.05, 4.69) is 10.3 Å². The Morgan fingerprint density at radius 1 is 1.15 bits per heavy atom. The first-order valence-corrected chi connectivity index (χ1v) is 8.51. The Morgan fingerprint density at radius 2 is 1.92 bits per heavy atom. The number of pyridine rings is 1. The van der Waals surface area contributed by atoms with Gasteiger partial charge in [0.2, 0.25) is 0 Å². The second kappa shape index (κ2) is 7.97. The standard InChI is InChI=1S/C20H17ClFN3O/c1-2-25(16-6-4-3-5-7-16)19-12-14(10-11-23-19)20(26)24-15-8-9-18(22)17(21)13-15/h3-13H,2H2,1H3,(H,24,26). The van der Waals surface area contributed by atoms with Gasteiger partial charge in [-0.2, -0.15) is 0 Å². The van der Waals surface area contributed by atoms with E-state index >= 15 is 0 Å². The molecule has 0 atom stereocenters. The molecule has 0 aliphatic rings. The molecule has 3 aromatic rings. The van der Waals surface area contributed by atoms with Crippen molar-refractivity contribution in [1.82, 2.24) is 4.98 Å². The van der Waals surface area contributed by atoms with Crippen LogP contribution in [0.5, 0.6) is 0 Å². The van der Waals surface area contributed by atoms with E-state index in [9.17, 15) is 9.18 Å². The van der Waals surface area contributed by atoms with Crippen molar-refractivity contribution in [2.45, 2.75) is 6.92 Å². The Labute approximate surface area is 156 Å². The van der Waals surface area contributed by atoms with Crippen molar-refractivity contribution in [3.05, 3.63) is 83.3 Å². The van der Waals surface area contributed by atoms with Crippen LogP contribution in [0.25, 0.3) is 0 Å². The monoisotopic (exact) mass is 369 g/mol. The first-order valence-electron chi connectivity index (χ1n) is 8.13. The highest BCUT2D eigenvalue weighted by atomic mass is 35.5. The number of carbonyl (C=O) groups excluding carboxylic acids is 1. The third-order valence-electron chi connectivity index (χ3n) is 3.85. The number of amides is 1. The molecule has 0 saturated heterocycles. The van der Waals surface area contributed by atoms with Gasteiger partial charge in [-0.15, -0.1) is 0 Å². The lowest BCUT2D eigenvalue weighted by atomic mass is 10.2. The number of nitrogens with one attached hydrogen (secondary N) is 1. The van der Waals surface area contributed by atoms with Gasteiger partial charge in [0.15, 0.2) is 0 Å². The molecule has 0 saturated carbocycles. The third kappa shape index (κ3) is 4.00. The number of para-hydroxylation sites is 1. The van der Waals surface area contributed by atoms with Gasteiger partial charge >= 0.3 is 0 Å². The minimum atomic E-state index is -0.530. The van der Waals surface area contributed by atoms with Crippen LogP contribution < -0.4 is 10.2 Å². The van der Waals surface area contributed by atoms with E-state index in [4.69, 9.17) is 11.6 Å². The number of halogens is 2. The minimum Gasteiger partial charge on any atom is -0.327 e. The summed E-state index contributed by atoms with van der Waals surface area (Å²) in [6, 6.07) is 17.2. The number of nitrogens with zero attached hydrogens (tertiary/aromatic N) is 2. The highest BCUT2D eigenvalue weighted by molar-refractivity contribution is 6.31. The molecule has 0 unspecified atom stereocenters. The van der Waals surface area contributed by atoms with E-state index in [1.165, 1.54) is 18.2 Å². The molecule has 1 aromatic heterocycles. The summed E-state index contributed by atoms with van der Waals surface area (Å²) in [5.41, 5.74) is 1.87. The predicted molar refractivity (Wildman–Crippen MR) is 103 cm³/mol. The Balaban J connectivity index is 1.84. The smallest absolute Gasteiger partial charge is 0.255 e. The Bertz CT molecular complexity index is 918. The topological polar surface area (TPSA) is 45.2 Å². The van der Waals surface area contributed by atoms with Gasteiger partial charge in [-0.25, -0.2) is 9.37 Å². The maximum absolute atomic E-state index is 13.2. The second-order valence-corrected chi connectivity index (χ2v) is 5.97. The van der Waals surface area contributed by atoms with Gasteiger partial charge in [0, 0.05) is 29.7 Å². The number of carbonyl (C=O) groups is 1. The highest BCUT2D eigenvalue weighted by Gasteiger charge is 2.13. The Hall–Kier alpha value is -2.92. The van der Waals surface area contributed by atoms with E-state index < -0.39 is 5.82 Å². The van der Waals surface area contributed by atoms with Crippen molar-refractivity contribution in [3.8, 4) is 0 Å². The molecule has 0 bridgehead atoms. The maximum Gasteiger partial charge on any atom is 0.255 e. The van der Waals surface area contributed by atoms with E-state index in [1.807, 2.05) is 42.2 Å². The van der Waals surface area contributed by atoms with E-state index in [0.717, 1.165) is 5.69 Å². The van der Waals surface area contributed by atoms with Crippen LogP contribution in [0.2, 0.25) is 5.02 Å². The summed E-state index contributed by atoms with van der Waals surface area (Å²) in [6.45, 7) is 2.72. The van der Waals surface area contributed by atoms with Crippen molar-refractivity contribution in [2.75, 3.05) is 16.8 Å². The fourth-order valence-corrected chi connectivity index (χ4v) is 2.75. The lowest BCUT2D eigenvalue weighted by molar-refractivity contribution is 0.102. The average Bonchev–Trinajstić information content (AvgIpc) is 2.66. The Kier molecular flexibility index (Phi) is 5.49. The minimum absolute atomic E-state index is 0.0422. The summed E-state index contributed by atoms with van der Waals surface area (Å²) in [5.74, 6) is -0.179. The second-order valence-electron chi connectivity index (χ2n) is 5.57. The van der Waals surface area contributed by atoms with Crippen molar-refractivity contribution in [1.29, 1.82) is 0 Å². The molecule has 1 heterocycles. The molecule has 3 rings (SSSR count). The van der Waals surface area contributed by atoms with Crippen LogP contribution in [0.1, 0.15) is 17.3 Å². The normalized spacial score (nSPS) is 10.4. The molecule has 132 valence electrons. The largest absolute Gasteiger partial charge is 0.327 e. The summed E-state index contributed by atoms with van der Waals surface area (Å²) < 4.78 is 13.2. The lowest BCUT2D eigenvalue weighted by Crippen LogP contribution is -2.19. The maximum atomic E-state index is 13.2. The summed E-state index contributed by atoms with van der Waals surface area (Å²) in [4.78, 5) is 18.9. The van der Waals surface area contributed by atoms with Crippen LogP contribution >= 0.6 is 11.6 Å². The number of rotatable bonds is 5. The van der Waals surface area contributed by atoms with Crippen LogP contribution in [0.3, 0.4) is 0 Å². The molecular formula is C20H17ClFN3O. The number of hydrogen-bond donors (Lipinski definition) is 1. The summed E-state index contributed by atoms with van der Waals surface area (Å²) >= 11 is 5.75. The summed E-state index contributed by atoms with van der Waals surface area (Å²) in [5, 5.41) is 2.67. The van der Waals surface area contributed by atoms with Gasteiger partial charge in [0.25, 0.3) is 5.91 Å².